The fourth-order valence-corrected chi connectivity index (χ4v) is 3.19. The number of anilines is 1. The molecule has 5 nitrogen and oxygen atoms in total. The van der Waals surface area contributed by atoms with E-state index in [4.69, 9.17) is 4.74 Å². The molecule has 138 valence electrons. The third-order valence-electron chi connectivity index (χ3n) is 3.94. The Hall–Kier alpha value is -3.51. The van der Waals surface area contributed by atoms with E-state index in [0.717, 1.165) is 33.4 Å². The molecule has 2 aromatic heterocycles. The van der Waals surface area contributed by atoms with Crippen LogP contribution in [0.2, 0.25) is 0 Å². The third-order valence-corrected chi connectivity index (χ3v) is 4.69. The second-order valence-electron chi connectivity index (χ2n) is 5.95. The van der Waals surface area contributed by atoms with Crippen molar-refractivity contribution in [1.82, 2.24) is 9.97 Å². The van der Waals surface area contributed by atoms with E-state index in [0.29, 0.717) is 6.61 Å². The van der Waals surface area contributed by atoms with Gasteiger partial charge in [-0.1, -0.05) is 36.4 Å². The second kappa shape index (κ2) is 8.92. The van der Waals surface area contributed by atoms with Crippen LogP contribution in [0.4, 0.5) is 5.13 Å². The Balaban J connectivity index is 1.31. The van der Waals surface area contributed by atoms with Gasteiger partial charge < -0.3 is 4.74 Å². The highest BCUT2D eigenvalue weighted by Crippen LogP contribution is 2.24. The van der Waals surface area contributed by atoms with Gasteiger partial charge >= 0.3 is 0 Å². The first-order valence-electron chi connectivity index (χ1n) is 8.80. The predicted molar refractivity (Wildman–Crippen MR) is 114 cm³/mol. The molecule has 0 saturated heterocycles. The number of rotatable bonds is 7. The van der Waals surface area contributed by atoms with Crippen LogP contribution in [0.15, 0.2) is 89.5 Å². The van der Waals surface area contributed by atoms with E-state index >= 15 is 0 Å². The van der Waals surface area contributed by atoms with Crippen LogP contribution >= 0.6 is 11.3 Å². The van der Waals surface area contributed by atoms with Gasteiger partial charge in [0, 0.05) is 17.1 Å². The molecule has 0 atom stereocenters. The third kappa shape index (κ3) is 4.81. The quantitative estimate of drug-likeness (QED) is 0.349. The Bertz CT molecular complexity index is 1030. The Morgan fingerprint density at radius 1 is 0.964 bits per heavy atom. The molecule has 6 heteroatoms. The number of thiazole rings is 1. The Labute approximate surface area is 167 Å². The highest BCUT2D eigenvalue weighted by atomic mass is 32.1. The number of nitrogens with one attached hydrogen (secondary N) is 1. The molecule has 1 N–H and O–H groups in total. The molecule has 0 aliphatic rings. The highest BCUT2D eigenvalue weighted by molar-refractivity contribution is 7.14. The summed E-state index contributed by atoms with van der Waals surface area (Å²) in [5, 5.41) is 7.03. The summed E-state index contributed by atoms with van der Waals surface area (Å²) in [7, 11) is 0. The standard InChI is InChI=1S/C22H18N4OS/c1-2-6-18(7-3-1)21-16-28-22(25-21)26-24-14-17-9-11-20(12-10-17)27-15-19-8-4-5-13-23-19/h1-14,16H,15H2,(H,25,26). The van der Waals surface area contributed by atoms with Crippen LogP contribution in [0.3, 0.4) is 0 Å². The molecule has 0 radical (unpaired) electrons. The molecule has 0 fully saturated rings. The van der Waals surface area contributed by atoms with E-state index in [1.807, 2.05) is 78.2 Å². The van der Waals surface area contributed by atoms with Crippen molar-refractivity contribution in [3.63, 3.8) is 0 Å². The van der Waals surface area contributed by atoms with Crippen molar-refractivity contribution in [3.05, 3.63) is 95.6 Å². The van der Waals surface area contributed by atoms with Crippen molar-refractivity contribution in [1.29, 1.82) is 0 Å². The average molecular weight is 386 g/mol. The van der Waals surface area contributed by atoms with Gasteiger partial charge in [-0.25, -0.2) is 4.98 Å². The van der Waals surface area contributed by atoms with Crippen LogP contribution in [-0.2, 0) is 6.61 Å². The van der Waals surface area contributed by atoms with Crippen LogP contribution in [0.25, 0.3) is 11.3 Å². The number of hydrogen-bond acceptors (Lipinski definition) is 6. The zero-order valence-corrected chi connectivity index (χ0v) is 15.8. The zero-order chi connectivity index (χ0) is 19.0. The molecule has 0 saturated carbocycles. The molecule has 0 aliphatic carbocycles. The molecular formula is C22H18N4OS. The van der Waals surface area contributed by atoms with Gasteiger partial charge in [0.2, 0.25) is 5.13 Å². The first kappa shape index (κ1) is 17.9. The first-order valence-corrected chi connectivity index (χ1v) is 9.67. The fourth-order valence-electron chi connectivity index (χ4n) is 2.52. The minimum Gasteiger partial charge on any atom is -0.487 e. The van der Waals surface area contributed by atoms with E-state index < -0.39 is 0 Å². The Kier molecular flexibility index (Phi) is 5.70. The maximum atomic E-state index is 5.73. The lowest BCUT2D eigenvalue weighted by Gasteiger charge is -2.05. The molecular weight excluding hydrogens is 368 g/mol. The van der Waals surface area contributed by atoms with Crippen LogP contribution < -0.4 is 10.2 Å². The first-order chi connectivity index (χ1) is 13.9. The summed E-state index contributed by atoms with van der Waals surface area (Å²) in [6.45, 7) is 0.448. The maximum Gasteiger partial charge on any atom is 0.203 e. The van der Waals surface area contributed by atoms with Gasteiger partial charge in [-0.05, 0) is 42.0 Å². The summed E-state index contributed by atoms with van der Waals surface area (Å²) in [5.74, 6) is 0.795. The summed E-state index contributed by atoms with van der Waals surface area (Å²) in [5.41, 5.74) is 6.89. The molecule has 28 heavy (non-hydrogen) atoms. The largest absolute Gasteiger partial charge is 0.487 e. The predicted octanol–water partition coefficient (Wildman–Crippen LogP) is 5.23. The zero-order valence-electron chi connectivity index (χ0n) is 15.0. The van der Waals surface area contributed by atoms with Crippen molar-refractivity contribution in [2.24, 2.45) is 5.10 Å². The van der Waals surface area contributed by atoms with E-state index in [2.05, 4.69) is 20.5 Å². The van der Waals surface area contributed by atoms with Crippen LogP contribution in [-0.4, -0.2) is 16.2 Å². The molecule has 4 rings (SSSR count). The summed E-state index contributed by atoms with van der Waals surface area (Å²) >= 11 is 1.52. The van der Waals surface area contributed by atoms with E-state index in [1.165, 1.54) is 11.3 Å². The summed E-state index contributed by atoms with van der Waals surface area (Å²) in [6, 6.07) is 23.6. The van der Waals surface area contributed by atoms with Gasteiger partial charge in [-0.15, -0.1) is 11.3 Å². The lowest BCUT2D eigenvalue weighted by atomic mass is 10.2. The van der Waals surface area contributed by atoms with Gasteiger partial charge in [0.25, 0.3) is 0 Å². The molecule has 2 heterocycles. The van der Waals surface area contributed by atoms with E-state index in [9.17, 15) is 0 Å². The highest BCUT2D eigenvalue weighted by Gasteiger charge is 2.03. The summed E-state index contributed by atoms with van der Waals surface area (Å²) in [4.78, 5) is 8.79. The second-order valence-corrected chi connectivity index (χ2v) is 6.81. The van der Waals surface area contributed by atoms with E-state index in [1.54, 1.807) is 12.4 Å². The molecule has 0 spiro atoms. The monoisotopic (exact) mass is 386 g/mol. The van der Waals surface area contributed by atoms with Gasteiger partial charge in [0.15, 0.2) is 0 Å². The van der Waals surface area contributed by atoms with Crippen molar-refractivity contribution in [2.75, 3.05) is 5.43 Å². The van der Waals surface area contributed by atoms with Gasteiger partial charge in [0.05, 0.1) is 17.6 Å². The van der Waals surface area contributed by atoms with Crippen LogP contribution in [0.5, 0.6) is 5.75 Å². The normalized spacial score (nSPS) is 10.9. The van der Waals surface area contributed by atoms with Crippen molar-refractivity contribution in [2.45, 2.75) is 6.61 Å². The van der Waals surface area contributed by atoms with Crippen molar-refractivity contribution < 1.29 is 4.74 Å². The lowest BCUT2D eigenvalue weighted by molar-refractivity contribution is 0.301. The number of hydrogen-bond donors (Lipinski definition) is 1. The molecule has 0 amide bonds. The summed E-state index contributed by atoms with van der Waals surface area (Å²) < 4.78 is 5.73. The van der Waals surface area contributed by atoms with Crippen LogP contribution in [0.1, 0.15) is 11.3 Å². The Morgan fingerprint density at radius 3 is 2.57 bits per heavy atom. The fraction of sp³-hybridized carbons (Fsp3) is 0.0455. The van der Waals surface area contributed by atoms with Crippen molar-refractivity contribution in [3.8, 4) is 17.0 Å². The number of benzene rings is 2. The topological polar surface area (TPSA) is 59.4 Å². The van der Waals surface area contributed by atoms with E-state index in [-0.39, 0.29) is 0 Å². The van der Waals surface area contributed by atoms with Crippen LogP contribution in [0, 0.1) is 0 Å². The molecule has 0 aliphatic heterocycles. The molecule has 0 unspecified atom stereocenters. The van der Waals surface area contributed by atoms with Gasteiger partial charge in [-0.3, -0.25) is 10.4 Å². The SMILES string of the molecule is C(=NNc1nc(-c2ccccc2)cs1)c1ccc(OCc2ccccn2)cc1. The minimum absolute atomic E-state index is 0.448. The van der Waals surface area contributed by atoms with Gasteiger partial charge in [-0.2, -0.15) is 5.10 Å². The van der Waals surface area contributed by atoms with Gasteiger partial charge in [0.1, 0.15) is 12.4 Å². The Morgan fingerprint density at radius 2 is 1.79 bits per heavy atom. The summed E-state index contributed by atoms with van der Waals surface area (Å²) in [6.07, 6.45) is 3.52. The number of nitrogens with zero attached hydrogens (tertiary/aromatic N) is 3. The number of hydrazone groups is 1. The molecule has 0 bridgehead atoms. The maximum absolute atomic E-state index is 5.73. The molecule has 2 aromatic carbocycles. The minimum atomic E-state index is 0.448. The smallest absolute Gasteiger partial charge is 0.203 e. The number of ether oxygens (including phenoxy) is 1. The molecule has 4 aromatic rings. The van der Waals surface area contributed by atoms with Crippen molar-refractivity contribution >= 4 is 22.7 Å². The lowest BCUT2D eigenvalue weighted by Crippen LogP contribution is -1.97. The number of aromatic nitrogens is 2. The average Bonchev–Trinajstić information content (AvgIpc) is 3.24. The number of pyridine rings is 1.